The normalized spacial score (nSPS) is 31.0. The fraction of sp³-hybridized carbons (Fsp3) is 0.619. The topological polar surface area (TPSA) is 86.6 Å². The van der Waals surface area contributed by atoms with Gasteiger partial charge in [0.25, 0.3) is 0 Å². The highest BCUT2D eigenvalue weighted by atomic mass is 19.4. The first-order chi connectivity index (χ1) is 14.9. The van der Waals surface area contributed by atoms with Crippen LogP contribution in [0.3, 0.4) is 0 Å². The Morgan fingerprint density at radius 1 is 1.12 bits per heavy atom. The number of carboxylic acids is 2. The molecular weight excluding hydrogens is 463 g/mol. The summed E-state index contributed by atoms with van der Waals surface area (Å²) in [7, 11) is 0. The Labute approximate surface area is 185 Å². The summed E-state index contributed by atoms with van der Waals surface area (Å²) < 4.78 is 98.2. The molecule has 186 valence electrons. The van der Waals surface area contributed by atoms with E-state index in [0.717, 1.165) is 6.92 Å². The minimum absolute atomic E-state index is 0.276. The van der Waals surface area contributed by atoms with Crippen LogP contribution in [0, 0.1) is 22.6 Å². The van der Waals surface area contributed by atoms with Crippen molar-refractivity contribution in [3.05, 3.63) is 35.1 Å². The largest absolute Gasteiger partial charge is 0.481 e. The van der Waals surface area contributed by atoms with E-state index in [1.807, 2.05) is 0 Å². The van der Waals surface area contributed by atoms with E-state index in [1.54, 1.807) is 0 Å². The summed E-state index contributed by atoms with van der Waals surface area (Å²) in [5.41, 5.74) is -8.35. The zero-order chi connectivity index (χ0) is 25.7. The Kier molecular flexibility index (Phi) is 6.88. The van der Waals surface area contributed by atoms with Crippen molar-refractivity contribution in [1.29, 1.82) is 0 Å². The number of carboxylic acid groups (broad SMARTS) is 2. The molecule has 5 unspecified atom stereocenters. The predicted octanol–water partition coefficient (Wildman–Crippen LogP) is 4.71. The van der Waals surface area contributed by atoms with Crippen LogP contribution >= 0.6 is 0 Å². The second kappa shape index (κ2) is 8.44. The lowest BCUT2D eigenvalue weighted by atomic mass is 9.48. The molecule has 0 aliphatic carbocycles. The summed E-state index contributed by atoms with van der Waals surface area (Å²) >= 11 is 0. The Hall–Kier alpha value is -2.37. The molecule has 1 aliphatic heterocycles. The van der Waals surface area contributed by atoms with Crippen molar-refractivity contribution in [2.75, 3.05) is 6.67 Å². The zero-order valence-electron chi connectivity index (χ0n) is 18.1. The average molecular weight is 487 g/mol. The molecule has 1 aromatic rings. The molecule has 0 radical (unpaired) electrons. The van der Waals surface area contributed by atoms with Gasteiger partial charge in [0, 0.05) is 23.1 Å². The van der Waals surface area contributed by atoms with Crippen molar-refractivity contribution in [3.63, 3.8) is 0 Å². The molecule has 1 aromatic carbocycles. The van der Waals surface area contributed by atoms with E-state index in [1.165, 1.54) is 20.8 Å². The van der Waals surface area contributed by atoms with Crippen molar-refractivity contribution in [3.8, 4) is 0 Å². The van der Waals surface area contributed by atoms with Crippen LogP contribution < -0.4 is 5.32 Å². The van der Waals surface area contributed by atoms with Gasteiger partial charge in [0.1, 0.15) is 12.5 Å². The molecular formula is C21H24F7NO4. The zero-order valence-corrected chi connectivity index (χ0v) is 18.1. The summed E-state index contributed by atoms with van der Waals surface area (Å²) in [6.07, 6.45) is -6.20. The Morgan fingerprint density at radius 2 is 1.67 bits per heavy atom. The summed E-state index contributed by atoms with van der Waals surface area (Å²) in [6, 6.07) is -1.65. The molecule has 33 heavy (non-hydrogen) atoms. The van der Waals surface area contributed by atoms with Gasteiger partial charge >= 0.3 is 24.0 Å². The summed E-state index contributed by atoms with van der Waals surface area (Å²) in [5, 5.41) is 22.8. The number of benzene rings is 1. The van der Waals surface area contributed by atoms with Crippen LogP contribution in [0.1, 0.15) is 44.7 Å². The van der Waals surface area contributed by atoms with Gasteiger partial charge in [-0.3, -0.25) is 9.59 Å². The van der Waals surface area contributed by atoms with E-state index in [4.69, 9.17) is 0 Å². The quantitative estimate of drug-likeness (QED) is 0.506. The van der Waals surface area contributed by atoms with Crippen molar-refractivity contribution in [2.24, 2.45) is 16.7 Å². The second-order valence-electron chi connectivity index (χ2n) is 8.78. The van der Waals surface area contributed by atoms with Crippen molar-refractivity contribution < 1.29 is 50.5 Å². The highest BCUT2D eigenvalue weighted by Gasteiger charge is 2.70. The molecule has 1 aliphatic rings. The smallest absolute Gasteiger partial charge is 0.458 e. The lowest BCUT2D eigenvalue weighted by Crippen LogP contribution is -2.71. The van der Waals surface area contributed by atoms with Gasteiger partial charge in [0.2, 0.25) is 0 Å². The Balaban J connectivity index is 3.16. The third-order valence-electron chi connectivity index (χ3n) is 6.95. The van der Waals surface area contributed by atoms with Gasteiger partial charge in [-0.2, -0.15) is 22.0 Å². The average Bonchev–Trinajstić information content (AvgIpc) is 2.67. The van der Waals surface area contributed by atoms with Crippen molar-refractivity contribution in [2.45, 2.75) is 57.8 Å². The lowest BCUT2D eigenvalue weighted by molar-refractivity contribution is -0.290. The molecule has 1 heterocycles. The summed E-state index contributed by atoms with van der Waals surface area (Å²) in [4.78, 5) is 25.0. The van der Waals surface area contributed by atoms with E-state index in [2.05, 4.69) is 5.32 Å². The molecule has 0 aromatic heterocycles. The van der Waals surface area contributed by atoms with Gasteiger partial charge in [0.05, 0.1) is 16.9 Å². The second-order valence-corrected chi connectivity index (χ2v) is 8.78. The van der Waals surface area contributed by atoms with Crippen molar-refractivity contribution in [1.82, 2.24) is 5.32 Å². The summed E-state index contributed by atoms with van der Waals surface area (Å²) in [6.45, 7) is 3.19. The highest BCUT2D eigenvalue weighted by molar-refractivity contribution is 5.84. The maximum absolute atomic E-state index is 15.2. The molecule has 1 fully saturated rings. The third kappa shape index (κ3) is 3.66. The maximum atomic E-state index is 15.2. The third-order valence-corrected chi connectivity index (χ3v) is 6.95. The molecule has 0 bridgehead atoms. The fourth-order valence-corrected chi connectivity index (χ4v) is 5.22. The first-order valence-electron chi connectivity index (χ1n) is 9.95. The number of aliphatic carboxylic acids is 2. The molecule has 3 N–H and O–H groups in total. The minimum Gasteiger partial charge on any atom is -0.481 e. The van der Waals surface area contributed by atoms with Gasteiger partial charge in [-0.15, -0.1) is 0 Å². The van der Waals surface area contributed by atoms with Crippen LogP contribution in [0.25, 0.3) is 0 Å². The van der Waals surface area contributed by atoms with Crippen LogP contribution in [0.4, 0.5) is 30.7 Å². The number of carbonyl (C=O) groups is 2. The van der Waals surface area contributed by atoms with Crippen LogP contribution in [0.2, 0.25) is 0 Å². The number of piperidine rings is 1. The van der Waals surface area contributed by atoms with Crippen LogP contribution in [-0.4, -0.2) is 47.1 Å². The molecule has 5 nitrogen and oxygen atoms in total. The number of hydrogen-bond acceptors (Lipinski definition) is 3. The number of nitrogens with one attached hydrogen (secondary N) is 1. The fourth-order valence-electron chi connectivity index (χ4n) is 5.22. The molecule has 0 saturated carbocycles. The molecule has 1 saturated heterocycles. The van der Waals surface area contributed by atoms with E-state index in [-0.39, 0.29) is 6.07 Å². The SMILES string of the molecule is CC(C)C1(C(=O)O)C(C)NC(CF)C(C)(C(=O)O)C1c1c(F)cccc1C(F)(F)C(F)(F)F. The maximum Gasteiger partial charge on any atom is 0.458 e. The van der Waals surface area contributed by atoms with E-state index < -0.39 is 82.4 Å². The monoisotopic (exact) mass is 487 g/mol. The Morgan fingerprint density at radius 3 is 2.06 bits per heavy atom. The number of halogens is 7. The van der Waals surface area contributed by atoms with Gasteiger partial charge in [-0.1, -0.05) is 26.0 Å². The summed E-state index contributed by atoms with van der Waals surface area (Å²) in [5.74, 6) is -14.3. The minimum atomic E-state index is -6.20. The van der Waals surface area contributed by atoms with Crippen LogP contribution in [0.5, 0.6) is 0 Å². The first kappa shape index (κ1) is 26.9. The van der Waals surface area contributed by atoms with E-state index >= 15 is 4.39 Å². The molecule has 5 atom stereocenters. The predicted molar refractivity (Wildman–Crippen MR) is 102 cm³/mol. The standard InChI is InChI=1S/C21H24F7NO4/c1-9(2)19(17(32)33)10(3)29-13(8-22)18(4,16(30)31)15(19)14-11(6-5-7-12(14)23)20(24,25)21(26,27)28/h5-7,9-10,13,15,29H,8H2,1-4H3,(H,30,31)(H,32,33). The molecule has 0 spiro atoms. The molecule has 12 heteroatoms. The number of hydrogen-bond donors (Lipinski definition) is 3. The van der Waals surface area contributed by atoms with E-state index in [0.29, 0.717) is 12.1 Å². The van der Waals surface area contributed by atoms with Gasteiger partial charge in [-0.25, -0.2) is 8.78 Å². The highest BCUT2D eigenvalue weighted by Crippen LogP contribution is 2.61. The van der Waals surface area contributed by atoms with Crippen molar-refractivity contribution >= 4 is 11.9 Å². The van der Waals surface area contributed by atoms with E-state index in [9.17, 15) is 46.1 Å². The van der Waals surface area contributed by atoms with Crippen LogP contribution in [-0.2, 0) is 15.5 Å². The molecule has 2 rings (SSSR count). The van der Waals surface area contributed by atoms with Gasteiger partial charge in [0.15, 0.2) is 0 Å². The first-order valence-corrected chi connectivity index (χ1v) is 9.95. The van der Waals surface area contributed by atoms with Gasteiger partial charge < -0.3 is 15.5 Å². The Bertz CT molecular complexity index is 936. The number of rotatable bonds is 6. The van der Waals surface area contributed by atoms with Crippen LogP contribution in [0.15, 0.2) is 18.2 Å². The number of alkyl halides is 6. The van der Waals surface area contributed by atoms with Gasteiger partial charge in [-0.05, 0) is 25.8 Å². The molecule has 0 amide bonds. The lowest BCUT2D eigenvalue weighted by Gasteiger charge is -2.58.